The van der Waals surface area contributed by atoms with Crippen LogP contribution in [0.25, 0.3) is 0 Å². The van der Waals surface area contributed by atoms with E-state index in [-0.39, 0.29) is 0 Å². The summed E-state index contributed by atoms with van der Waals surface area (Å²) in [4.78, 5) is 2.24. The average molecular weight is 340 g/mol. The highest BCUT2D eigenvalue weighted by atomic mass is 79.9. The van der Waals surface area contributed by atoms with E-state index in [0.717, 1.165) is 23.1 Å². The first-order valence-electron chi connectivity index (χ1n) is 6.02. The maximum atomic E-state index is 6.03. The molecule has 2 aromatic rings. The number of nitrogens with zero attached hydrogens (tertiary/aromatic N) is 1. The molecule has 0 aliphatic heterocycles. The second-order valence-corrected chi connectivity index (χ2v) is 5.88. The molecule has 4 heteroatoms. The summed E-state index contributed by atoms with van der Waals surface area (Å²) in [5.74, 6) is 0. The highest BCUT2D eigenvalue weighted by Gasteiger charge is 2.05. The van der Waals surface area contributed by atoms with Crippen LogP contribution in [0.5, 0.6) is 0 Å². The number of nitrogens with two attached hydrogens (primary N) is 1. The molecule has 0 bridgehead atoms. The average Bonchev–Trinajstić information content (AvgIpc) is 2.37. The van der Waals surface area contributed by atoms with E-state index in [2.05, 4.69) is 40.0 Å². The van der Waals surface area contributed by atoms with Gasteiger partial charge in [-0.3, -0.25) is 4.90 Å². The van der Waals surface area contributed by atoms with Crippen molar-refractivity contribution >= 4 is 33.2 Å². The monoisotopic (exact) mass is 338 g/mol. The molecule has 2 N–H and O–H groups in total. The fourth-order valence-corrected chi connectivity index (χ4v) is 2.57. The van der Waals surface area contributed by atoms with Crippen LogP contribution in [0.15, 0.2) is 46.9 Å². The Bertz CT molecular complexity index is 572. The molecule has 2 aromatic carbocycles. The Morgan fingerprint density at radius 1 is 1.16 bits per heavy atom. The molecular weight excluding hydrogens is 324 g/mol. The summed E-state index contributed by atoms with van der Waals surface area (Å²) in [6.07, 6.45) is 0. The SMILES string of the molecule is CN(Cc1ccc(N)c(Cl)c1)Cc1ccccc1Br. The van der Waals surface area contributed by atoms with E-state index < -0.39 is 0 Å². The van der Waals surface area contributed by atoms with Crippen LogP contribution < -0.4 is 5.73 Å². The van der Waals surface area contributed by atoms with Gasteiger partial charge in [-0.05, 0) is 36.4 Å². The molecule has 0 atom stereocenters. The predicted octanol–water partition coefficient (Wildman–Crippen LogP) is 4.32. The molecule has 0 aromatic heterocycles. The number of rotatable bonds is 4. The van der Waals surface area contributed by atoms with Crippen LogP contribution in [0.3, 0.4) is 0 Å². The summed E-state index contributed by atoms with van der Waals surface area (Å²) in [6.45, 7) is 1.71. The predicted molar refractivity (Wildman–Crippen MR) is 85.2 cm³/mol. The van der Waals surface area contributed by atoms with Crippen LogP contribution in [0.4, 0.5) is 5.69 Å². The van der Waals surface area contributed by atoms with E-state index in [1.807, 2.05) is 30.3 Å². The van der Waals surface area contributed by atoms with Crippen molar-refractivity contribution in [3.05, 3.63) is 63.1 Å². The Balaban J connectivity index is 2.03. The quantitative estimate of drug-likeness (QED) is 0.841. The minimum Gasteiger partial charge on any atom is -0.398 e. The van der Waals surface area contributed by atoms with Gasteiger partial charge in [0.25, 0.3) is 0 Å². The summed E-state index contributed by atoms with van der Waals surface area (Å²) in [5, 5.41) is 0.617. The third-order valence-corrected chi connectivity index (χ3v) is 4.02. The van der Waals surface area contributed by atoms with Crippen LogP contribution in [-0.4, -0.2) is 11.9 Å². The Hall–Kier alpha value is -1.03. The summed E-state index contributed by atoms with van der Waals surface area (Å²) in [6, 6.07) is 14.0. The van der Waals surface area contributed by atoms with Crippen molar-refractivity contribution in [3.8, 4) is 0 Å². The lowest BCUT2D eigenvalue weighted by molar-refractivity contribution is 0.318. The molecule has 0 aliphatic rings. The minimum atomic E-state index is 0.617. The topological polar surface area (TPSA) is 29.3 Å². The summed E-state index contributed by atoms with van der Waals surface area (Å²) in [7, 11) is 2.09. The molecule has 19 heavy (non-hydrogen) atoms. The lowest BCUT2D eigenvalue weighted by Crippen LogP contribution is -2.17. The molecule has 100 valence electrons. The molecule has 0 spiro atoms. The zero-order valence-electron chi connectivity index (χ0n) is 10.7. The first kappa shape index (κ1) is 14.4. The van der Waals surface area contributed by atoms with E-state index in [1.165, 1.54) is 5.56 Å². The molecule has 0 saturated heterocycles. The lowest BCUT2D eigenvalue weighted by Gasteiger charge is -2.18. The summed E-state index contributed by atoms with van der Waals surface area (Å²) >= 11 is 9.60. The normalized spacial score (nSPS) is 10.9. The van der Waals surface area contributed by atoms with Crippen LogP contribution in [0, 0.1) is 0 Å². The Morgan fingerprint density at radius 2 is 1.89 bits per heavy atom. The van der Waals surface area contributed by atoms with Gasteiger partial charge in [-0.1, -0.05) is 51.8 Å². The maximum Gasteiger partial charge on any atom is 0.0638 e. The first-order valence-corrected chi connectivity index (χ1v) is 7.19. The van der Waals surface area contributed by atoms with Gasteiger partial charge >= 0.3 is 0 Å². The maximum absolute atomic E-state index is 6.03. The van der Waals surface area contributed by atoms with Gasteiger partial charge in [0, 0.05) is 17.6 Å². The third kappa shape index (κ3) is 3.96. The van der Waals surface area contributed by atoms with Gasteiger partial charge in [0.2, 0.25) is 0 Å². The van der Waals surface area contributed by atoms with Crippen LogP contribution in [0.2, 0.25) is 5.02 Å². The van der Waals surface area contributed by atoms with E-state index in [4.69, 9.17) is 17.3 Å². The molecular formula is C15H16BrClN2. The van der Waals surface area contributed by atoms with Crippen molar-refractivity contribution in [3.63, 3.8) is 0 Å². The largest absolute Gasteiger partial charge is 0.398 e. The molecule has 0 saturated carbocycles. The second-order valence-electron chi connectivity index (χ2n) is 4.62. The number of anilines is 1. The van der Waals surface area contributed by atoms with Gasteiger partial charge in [-0.2, -0.15) is 0 Å². The van der Waals surface area contributed by atoms with Crippen molar-refractivity contribution < 1.29 is 0 Å². The number of hydrogen-bond acceptors (Lipinski definition) is 2. The van der Waals surface area contributed by atoms with Gasteiger partial charge in [0.15, 0.2) is 0 Å². The lowest BCUT2D eigenvalue weighted by atomic mass is 10.1. The van der Waals surface area contributed by atoms with Crippen LogP contribution in [-0.2, 0) is 13.1 Å². The standard InChI is InChI=1S/C15H16BrClN2/c1-19(10-12-4-2-3-5-13(12)16)9-11-6-7-15(18)14(17)8-11/h2-8H,9-10,18H2,1H3. The fourth-order valence-electron chi connectivity index (χ4n) is 1.95. The molecule has 0 aliphatic carbocycles. The number of benzene rings is 2. The third-order valence-electron chi connectivity index (χ3n) is 2.92. The van der Waals surface area contributed by atoms with Gasteiger partial charge < -0.3 is 5.73 Å². The van der Waals surface area contributed by atoms with Crippen molar-refractivity contribution in [1.82, 2.24) is 4.90 Å². The molecule has 0 fully saturated rings. The number of nitrogen functional groups attached to an aromatic ring is 1. The Kier molecular flexibility index (Phi) is 4.86. The zero-order chi connectivity index (χ0) is 13.8. The second kappa shape index (κ2) is 6.42. The minimum absolute atomic E-state index is 0.617. The van der Waals surface area contributed by atoms with E-state index in [9.17, 15) is 0 Å². The van der Waals surface area contributed by atoms with E-state index >= 15 is 0 Å². The molecule has 0 heterocycles. The van der Waals surface area contributed by atoms with E-state index in [1.54, 1.807) is 0 Å². The zero-order valence-corrected chi connectivity index (χ0v) is 13.1. The summed E-state index contributed by atoms with van der Waals surface area (Å²) < 4.78 is 1.14. The first-order chi connectivity index (χ1) is 9.06. The van der Waals surface area contributed by atoms with Crippen molar-refractivity contribution in [2.45, 2.75) is 13.1 Å². The van der Waals surface area contributed by atoms with E-state index in [0.29, 0.717) is 10.7 Å². The van der Waals surface area contributed by atoms with Crippen LogP contribution in [0.1, 0.15) is 11.1 Å². The Labute approximate surface area is 127 Å². The highest BCUT2D eigenvalue weighted by Crippen LogP contribution is 2.22. The van der Waals surface area contributed by atoms with Gasteiger partial charge in [-0.15, -0.1) is 0 Å². The number of halogens is 2. The molecule has 2 rings (SSSR count). The Morgan fingerprint density at radius 3 is 2.58 bits per heavy atom. The van der Waals surface area contributed by atoms with Crippen molar-refractivity contribution in [2.24, 2.45) is 0 Å². The number of hydrogen-bond donors (Lipinski definition) is 1. The fraction of sp³-hybridized carbons (Fsp3) is 0.200. The molecule has 0 radical (unpaired) electrons. The van der Waals surface area contributed by atoms with Crippen LogP contribution >= 0.6 is 27.5 Å². The van der Waals surface area contributed by atoms with Gasteiger partial charge in [0.1, 0.15) is 0 Å². The molecule has 0 unspecified atom stereocenters. The van der Waals surface area contributed by atoms with Crippen molar-refractivity contribution in [1.29, 1.82) is 0 Å². The van der Waals surface area contributed by atoms with Crippen molar-refractivity contribution in [2.75, 3.05) is 12.8 Å². The van der Waals surface area contributed by atoms with Gasteiger partial charge in [0.05, 0.1) is 10.7 Å². The molecule has 0 amide bonds. The smallest absolute Gasteiger partial charge is 0.0638 e. The molecule has 2 nitrogen and oxygen atoms in total. The highest BCUT2D eigenvalue weighted by molar-refractivity contribution is 9.10. The summed E-state index contributed by atoms with van der Waals surface area (Å²) in [5.41, 5.74) is 8.77. The van der Waals surface area contributed by atoms with Gasteiger partial charge in [-0.25, -0.2) is 0 Å².